The normalized spacial score (nSPS) is 12.8. The summed E-state index contributed by atoms with van der Waals surface area (Å²) in [4.78, 5) is 24.6. The van der Waals surface area contributed by atoms with E-state index in [9.17, 15) is 19.8 Å². The lowest BCUT2D eigenvalue weighted by atomic mass is 10.0. The minimum absolute atomic E-state index is 0.00846. The molecule has 0 spiro atoms. The molecule has 0 aliphatic heterocycles. The van der Waals surface area contributed by atoms with Gasteiger partial charge in [-0.1, -0.05) is 314 Å². The van der Waals surface area contributed by atoms with Crippen molar-refractivity contribution in [3.63, 3.8) is 0 Å². The van der Waals surface area contributed by atoms with Gasteiger partial charge in [-0.3, -0.25) is 9.59 Å². The maximum atomic E-state index is 12.5. The van der Waals surface area contributed by atoms with Crippen LogP contribution in [-0.2, 0) is 14.3 Å². The fourth-order valence-electron chi connectivity index (χ4n) is 10.1. The molecule has 0 aromatic carbocycles. The predicted octanol–water partition coefficient (Wildman–Crippen LogP) is 20.8. The summed E-state index contributed by atoms with van der Waals surface area (Å²) in [5.74, 6) is -0.0790. The molecule has 3 N–H and O–H groups in total. The Labute approximate surface area is 455 Å². The van der Waals surface area contributed by atoms with Crippen LogP contribution in [-0.4, -0.2) is 47.4 Å². The van der Waals surface area contributed by atoms with Crippen LogP contribution in [0.25, 0.3) is 0 Å². The molecule has 0 bridgehead atoms. The highest BCUT2D eigenvalue weighted by molar-refractivity contribution is 5.76. The molecule has 0 saturated heterocycles. The van der Waals surface area contributed by atoms with Gasteiger partial charge in [0.2, 0.25) is 5.91 Å². The summed E-state index contributed by atoms with van der Waals surface area (Å²) in [5, 5.41) is 23.2. The molecular weight excluding hydrogens is 899 g/mol. The van der Waals surface area contributed by atoms with Crippen molar-refractivity contribution in [3.05, 3.63) is 36.5 Å². The molecule has 6 heteroatoms. The first-order chi connectivity index (χ1) is 36.0. The molecule has 2 unspecified atom stereocenters. The number of aliphatic hydroxyl groups is 2. The molecule has 0 aromatic rings. The smallest absolute Gasteiger partial charge is 0.305 e. The Morgan fingerprint density at radius 3 is 1.05 bits per heavy atom. The molecule has 0 fully saturated rings. The number of hydrogen-bond acceptors (Lipinski definition) is 5. The third kappa shape index (κ3) is 59.2. The van der Waals surface area contributed by atoms with Gasteiger partial charge in [0.15, 0.2) is 0 Å². The van der Waals surface area contributed by atoms with Crippen LogP contribution in [0, 0.1) is 0 Å². The number of rotatable bonds is 61. The average Bonchev–Trinajstić information content (AvgIpc) is 3.39. The van der Waals surface area contributed by atoms with Crippen molar-refractivity contribution in [2.24, 2.45) is 0 Å². The van der Waals surface area contributed by atoms with E-state index in [2.05, 4.69) is 43.5 Å². The van der Waals surface area contributed by atoms with Gasteiger partial charge in [-0.15, -0.1) is 0 Å². The van der Waals surface area contributed by atoms with Crippen LogP contribution in [0.5, 0.6) is 0 Å². The molecule has 0 aliphatic carbocycles. The summed E-state index contributed by atoms with van der Waals surface area (Å²) in [7, 11) is 0. The van der Waals surface area contributed by atoms with Crippen molar-refractivity contribution in [2.75, 3.05) is 13.2 Å². The van der Waals surface area contributed by atoms with E-state index in [4.69, 9.17) is 4.74 Å². The highest BCUT2D eigenvalue weighted by Crippen LogP contribution is 2.18. The zero-order valence-electron chi connectivity index (χ0n) is 49.1. The Balaban J connectivity index is 3.45. The van der Waals surface area contributed by atoms with E-state index in [0.29, 0.717) is 19.4 Å². The molecule has 0 aromatic heterocycles. The third-order valence-corrected chi connectivity index (χ3v) is 15.2. The van der Waals surface area contributed by atoms with Crippen molar-refractivity contribution in [2.45, 2.75) is 366 Å². The van der Waals surface area contributed by atoms with E-state index in [0.717, 1.165) is 51.4 Å². The Bertz CT molecular complexity index is 1180. The Kier molecular flexibility index (Phi) is 61.0. The van der Waals surface area contributed by atoms with Crippen LogP contribution in [0.4, 0.5) is 0 Å². The minimum Gasteiger partial charge on any atom is -0.466 e. The van der Waals surface area contributed by atoms with Gasteiger partial charge in [-0.05, 0) is 64.2 Å². The van der Waals surface area contributed by atoms with E-state index in [-0.39, 0.29) is 18.5 Å². The van der Waals surface area contributed by atoms with Crippen molar-refractivity contribution in [1.29, 1.82) is 0 Å². The zero-order valence-corrected chi connectivity index (χ0v) is 49.1. The highest BCUT2D eigenvalue weighted by Gasteiger charge is 2.18. The SMILES string of the molecule is CCCCCC/C=C\C/C=C\CCCCCCCC(=O)OCCCCCCCCCCCCCCCCCCCC(=O)NC(CO)C(O)/C=C/CCCCCCCCCCCCCCCCCCCCCCC. The first kappa shape index (κ1) is 71.1. The number of amides is 1. The number of ether oxygens (including phenoxy) is 1. The first-order valence-corrected chi connectivity index (χ1v) is 32.8. The topological polar surface area (TPSA) is 95.9 Å². The second kappa shape index (κ2) is 62.6. The van der Waals surface area contributed by atoms with Gasteiger partial charge in [-0.2, -0.15) is 0 Å². The minimum atomic E-state index is -0.850. The van der Waals surface area contributed by atoms with Crippen molar-refractivity contribution in [3.8, 4) is 0 Å². The molecule has 73 heavy (non-hydrogen) atoms. The molecule has 430 valence electrons. The molecule has 0 rings (SSSR count). The second-order valence-electron chi connectivity index (χ2n) is 22.5. The molecule has 0 aliphatic rings. The van der Waals surface area contributed by atoms with E-state index in [1.54, 1.807) is 6.08 Å². The standard InChI is InChI=1S/C67H127NO5/c1-3-5-7-9-11-13-15-17-19-21-22-23-24-25-26-28-31-35-39-43-47-51-55-59-65(70)64(63-69)68-66(71)60-56-52-48-44-40-36-32-29-27-30-34-38-42-46-50-54-58-62-73-67(72)61-57-53-49-45-41-37-33-20-18-16-14-12-10-8-6-4-2/h14,16,20,33,55,59,64-65,69-70H,3-13,15,17-19,21-32,34-54,56-58,60-63H2,1-2H3,(H,68,71)/b16-14-,33-20-,59-55+. The monoisotopic (exact) mass is 1030 g/mol. The summed E-state index contributed by atoms with van der Waals surface area (Å²) < 4.78 is 5.48. The van der Waals surface area contributed by atoms with Gasteiger partial charge in [0.05, 0.1) is 25.4 Å². The van der Waals surface area contributed by atoms with Gasteiger partial charge < -0.3 is 20.3 Å². The molecular formula is C67H127NO5. The van der Waals surface area contributed by atoms with Crippen LogP contribution in [0.15, 0.2) is 36.5 Å². The summed E-state index contributed by atoms with van der Waals surface area (Å²) in [6, 6.07) is -0.634. The fourth-order valence-corrected chi connectivity index (χ4v) is 10.1. The molecule has 1 amide bonds. The number of esters is 1. The van der Waals surface area contributed by atoms with Crippen molar-refractivity contribution in [1.82, 2.24) is 5.32 Å². The molecule has 0 radical (unpaired) electrons. The first-order valence-electron chi connectivity index (χ1n) is 32.8. The Morgan fingerprint density at radius 1 is 0.384 bits per heavy atom. The largest absolute Gasteiger partial charge is 0.466 e. The van der Waals surface area contributed by atoms with Crippen molar-refractivity contribution >= 4 is 11.9 Å². The molecule has 2 atom stereocenters. The highest BCUT2D eigenvalue weighted by atomic mass is 16.5. The maximum absolute atomic E-state index is 12.5. The number of hydrogen-bond donors (Lipinski definition) is 3. The number of nitrogens with one attached hydrogen (secondary N) is 1. The quantitative estimate of drug-likeness (QED) is 0.0320. The lowest BCUT2D eigenvalue weighted by Gasteiger charge is -2.20. The number of carbonyl (C=O) groups excluding carboxylic acids is 2. The maximum Gasteiger partial charge on any atom is 0.305 e. The molecule has 0 saturated carbocycles. The van der Waals surface area contributed by atoms with Crippen LogP contribution >= 0.6 is 0 Å². The Hall–Kier alpha value is -1.92. The summed E-state index contributed by atoms with van der Waals surface area (Å²) in [6.07, 6.45) is 79.0. The Morgan fingerprint density at radius 2 is 0.685 bits per heavy atom. The second-order valence-corrected chi connectivity index (χ2v) is 22.5. The van der Waals surface area contributed by atoms with Gasteiger partial charge in [0, 0.05) is 12.8 Å². The van der Waals surface area contributed by atoms with Crippen molar-refractivity contribution < 1.29 is 24.5 Å². The molecule has 0 heterocycles. The van der Waals surface area contributed by atoms with E-state index < -0.39 is 12.1 Å². The third-order valence-electron chi connectivity index (χ3n) is 15.2. The van der Waals surface area contributed by atoms with E-state index in [1.807, 2.05) is 6.08 Å². The van der Waals surface area contributed by atoms with Gasteiger partial charge in [0.1, 0.15) is 0 Å². The number of carbonyl (C=O) groups is 2. The van der Waals surface area contributed by atoms with Gasteiger partial charge in [0.25, 0.3) is 0 Å². The lowest BCUT2D eigenvalue weighted by Crippen LogP contribution is -2.45. The summed E-state index contributed by atoms with van der Waals surface area (Å²) >= 11 is 0. The van der Waals surface area contributed by atoms with Gasteiger partial charge >= 0.3 is 5.97 Å². The van der Waals surface area contributed by atoms with Gasteiger partial charge in [-0.25, -0.2) is 0 Å². The average molecular weight is 1030 g/mol. The number of unbranched alkanes of at least 4 members (excludes halogenated alkanes) is 46. The van der Waals surface area contributed by atoms with E-state index >= 15 is 0 Å². The van der Waals surface area contributed by atoms with Crippen LogP contribution < -0.4 is 5.32 Å². The van der Waals surface area contributed by atoms with Crippen LogP contribution in [0.1, 0.15) is 354 Å². The predicted molar refractivity (Wildman–Crippen MR) is 319 cm³/mol. The van der Waals surface area contributed by atoms with Crippen LogP contribution in [0.3, 0.4) is 0 Å². The summed E-state index contributed by atoms with van der Waals surface area (Å²) in [6.45, 7) is 4.89. The van der Waals surface area contributed by atoms with Crippen LogP contribution in [0.2, 0.25) is 0 Å². The lowest BCUT2D eigenvalue weighted by molar-refractivity contribution is -0.143. The fraction of sp³-hybridized carbons (Fsp3) is 0.881. The molecule has 6 nitrogen and oxygen atoms in total. The van der Waals surface area contributed by atoms with E-state index in [1.165, 1.54) is 276 Å². The summed E-state index contributed by atoms with van der Waals surface area (Å²) in [5.41, 5.74) is 0. The number of aliphatic hydroxyl groups excluding tert-OH is 2. The zero-order chi connectivity index (χ0) is 52.9. The number of allylic oxidation sites excluding steroid dienone is 5.